The predicted octanol–water partition coefficient (Wildman–Crippen LogP) is 7.19. The van der Waals surface area contributed by atoms with Crippen LogP contribution in [0.3, 0.4) is 0 Å². The molecule has 29 heavy (non-hydrogen) atoms. The molecule has 0 aromatic heterocycles. The first-order chi connectivity index (χ1) is 14.0. The summed E-state index contributed by atoms with van der Waals surface area (Å²) in [5, 5.41) is 0. The zero-order valence-corrected chi connectivity index (χ0v) is 20.0. The fourth-order valence-electron chi connectivity index (χ4n) is 4.09. The summed E-state index contributed by atoms with van der Waals surface area (Å²) in [6.07, 6.45) is 17.5. The molecule has 0 bridgehead atoms. The van der Waals surface area contributed by atoms with Crippen LogP contribution >= 0.6 is 0 Å². The van der Waals surface area contributed by atoms with E-state index in [0.717, 1.165) is 22.6 Å². The molecule has 0 N–H and O–H groups in total. The second-order valence-corrected chi connectivity index (χ2v) is 15.9. The van der Waals surface area contributed by atoms with Crippen LogP contribution in [0.2, 0.25) is 7.25 Å². The standard InChI is InChI=1S/2C8H10O.2C5H5.Zr/c2*1-6-3-4-8(9)7(2)5-6;2*1-2-4-5-3-1;/h2*3-5,9H,1-2H3;2*1-5H;/q;;;;+2/p-2. The summed E-state index contributed by atoms with van der Waals surface area (Å²) in [6.45, 7) is 8.47. The van der Waals surface area contributed by atoms with Crippen LogP contribution in [-0.2, 0) is 21.1 Å². The zero-order valence-electron chi connectivity index (χ0n) is 17.6. The molecule has 0 radical (unpaired) electrons. The average Bonchev–Trinajstić information content (AvgIpc) is 3.39. The minimum atomic E-state index is -3.85. The first kappa shape index (κ1) is 20.2. The Hall–Kier alpha value is -2.12. The van der Waals surface area contributed by atoms with Crippen molar-refractivity contribution in [3.63, 3.8) is 0 Å². The Balaban J connectivity index is 1.83. The molecule has 0 fully saturated rings. The predicted molar refractivity (Wildman–Crippen MR) is 117 cm³/mol. The third kappa shape index (κ3) is 4.12. The number of benzene rings is 2. The monoisotopic (exact) mass is 462 g/mol. The molecule has 4 rings (SSSR count). The third-order valence-corrected chi connectivity index (χ3v) is 14.7. The molecular formula is C26H28O2Zr. The third-order valence-electron chi connectivity index (χ3n) is 5.63. The van der Waals surface area contributed by atoms with E-state index < -0.39 is 21.1 Å². The van der Waals surface area contributed by atoms with Crippen molar-refractivity contribution in [3.8, 4) is 11.5 Å². The fourth-order valence-corrected chi connectivity index (χ4v) is 13.2. The molecule has 3 heteroatoms. The molecule has 2 aromatic carbocycles. The summed E-state index contributed by atoms with van der Waals surface area (Å²) in [6, 6.07) is 12.8. The second kappa shape index (κ2) is 8.32. The molecule has 2 nitrogen and oxygen atoms in total. The van der Waals surface area contributed by atoms with Crippen molar-refractivity contribution in [3.05, 3.63) is 107 Å². The first-order valence-electron chi connectivity index (χ1n) is 10.2. The van der Waals surface area contributed by atoms with E-state index in [1.165, 1.54) is 11.1 Å². The van der Waals surface area contributed by atoms with Crippen LogP contribution in [0.25, 0.3) is 0 Å². The van der Waals surface area contributed by atoms with Gasteiger partial charge in [0.1, 0.15) is 0 Å². The Labute approximate surface area is 179 Å². The van der Waals surface area contributed by atoms with Crippen molar-refractivity contribution >= 4 is 0 Å². The summed E-state index contributed by atoms with van der Waals surface area (Å²) in [7, 11) is 0. The second-order valence-electron chi connectivity index (χ2n) is 8.05. The van der Waals surface area contributed by atoms with E-state index in [1.54, 1.807) is 0 Å². The molecule has 2 aromatic rings. The van der Waals surface area contributed by atoms with Crippen LogP contribution in [0.1, 0.15) is 22.3 Å². The van der Waals surface area contributed by atoms with Crippen LogP contribution in [-0.4, -0.2) is 0 Å². The quantitative estimate of drug-likeness (QED) is 0.451. The Morgan fingerprint density at radius 3 is 1.31 bits per heavy atom. The van der Waals surface area contributed by atoms with Gasteiger partial charge in [-0.3, -0.25) is 0 Å². The molecule has 148 valence electrons. The molecule has 0 aliphatic heterocycles. The van der Waals surface area contributed by atoms with Crippen LogP contribution in [0, 0.1) is 27.7 Å². The van der Waals surface area contributed by atoms with Gasteiger partial charge < -0.3 is 0 Å². The topological polar surface area (TPSA) is 18.5 Å². The van der Waals surface area contributed by atoms with Gasteiger partial charge in [-0.2, -0.15) is 0 Å². The van der Waals surface area contributed by atoms with Crippen LogP contribution in [0.4, 0.5) is 0 Å². The van der Waals surface area contributed by atoms with Crippen LogP contribution in [0.15, 0.2) is 85.0 Å². The van der Waals surface area contributed by atoms with Gasteiger partial charge in [-0.25, -0.2) is 0 Å². The van der Waals surface area contributed by atoms with Crippen LogP contribution < -0.4 is 5.63 Å². The first-order valence-corrected chi connectivity index (χ1v) is 15.0. The zero-order chi connectivity index (χ0) is 20.4. The molecular weight excluding hydrogens is 436 g/mol. The molecule has 2 aliphatic carbocycles. The summed E-state index contributed by atoms with van der Waals surface area (Å²) in [4.78, 5) is 0. The molecule has 0 unspecified atom stereocenters. The molecule has 0 saturated carbocycles. The van der Waals surface area contributed by atoms with Gasteiger partial charge in [0.15, 0.2) is 0 Å². The van der Waals surface area contributed by atoms with Crippen molar-refractivity contribution in [2.24, 2.45) is 0 Å². The van der Waals surface area contributed by atoms with Gasteiger partial charge in [-0.1, -0.05) is 0 Å². The van der Waals surface area contributed by atoms with Gasteiger partial charge in [0.2, 0.25) is 0 Å². The summed E-state index contributed by atoms with van der Waals surface area (Å²) in [5.74, 6) is 1.89. The molecule has 0 heterocycles. The van der Waals surface area contributed by atoms with Gasteiger partial charge >= 0.3 is 180 Å². The fraction of sp³-hybridized carbons (Fsp3) is 0.231. The van der Waals surface area contributed by atoms with E-state index in [0.29, 0.717) is 0 Å². The molecule has 0 atom stereocenters. The maximum absolute atomic E-state index is 7.03. The number of allylic oxidation sites excluding steroid dienone is 8. The number of aryl methyl sites for hydroxylation is 4. The van der Waals surface area contributed by atoms with Crippen molar-refractivity contribution in [2.45, 2.75) is 34.9 Å². The van der Waals surface area contributed by atoms with Crippen molar-refractivity contribution < 1.29 is 26.8 Å². The number of hydrogen-bond acceptors (Lipinski definition) is 2. The summed E-state index contributed by atoms with van der Waals surface area (Å²) >= 11 is -3.85. The van der Waals surface area contributed by atoms with Gasteiger partial charge in [-0.15, -0.1) is 0 Å². The molecule has 0 saturated heterocycles. The minimum absolute atomic E-state index is 0.197. The summed E-state index contributed by atoms with van der Waals surface area (Å²) in [5.41, 5.74) is 4.80. The van der Waals surface area contributed by atoms with Gasteiger partial charge in [-0.05, 0) is 0 Å². The van der Waals surface area contributed by atoms with E-state index in [4.69, 9.17) is 5.63 Å². The number of rotatable bonds is 6. The van der Waals surface area contributed by atoms with Crippen molar-refractivity contribution in [1.82, 2.24) is 0 Å². The SMILES string of the molecule is Cc1ccc([O][Zr]([O]c2ccc(C)cc2C)([CH]2C=CC=C2)[CH]2C=CC=C2)c(C)c1. The van der Waals surface area contributed by atoms with E-state index in [-0.39, 0.29) is 7.25 Å². The van der Waals surface area contributed by atoms with E-state index in [1.807, 2.05) is 0 Å². The van der Waals surface area contributed by atoms with Gasteiger partial charge in [0.25, 0.3) is 0 Å². The van der Waals surface area contributed by atoms with Crippen molar-refractivity contribution in [2.75, 3.05) is 0 Å². The Morgan fingerprint density at radius 1 is 0.586 bits per heavy atom. The molecule has 2 aliphatic rings. The van der Waals surface area contributed by atoms with Gasteiger partial charge in [0.05, 0.1) is 0 Å². The van der Waals surface area contributed by atoms with E-state index >= 15 is 0 Å². The number of hydrogen-bond donors (Lipinski definition) is 0. The Morgan fingerprint density at radius 2 is 0.966 bits per heavy atom. The molecule has 0 spiro atoms. The summed E-state index contributed by atoms with van der Waals surface area (Å²) < 4.78 is 14.5. The molecule has 0 amide bonds. The van der Waals surface area contributed by atoms with E-state index in [9.17, 15) is 0 Å². The Kier molecular flexibility index (Phi) is 5.79. The Bertz CT molecular complexity index is 921. The van der Waals surface area contributed by atoms with Gasteiger partial charge in [0, 0.05) is 0 Å². The maximum atomic E-state index is 7.03. The average molecular weight is 464 g/mol. The van der Waals surface area contributed by atoms with E-state index in [2.05, 4.69) is 113 Å². The van der Waals surface area contributed by atoms with Crippen LogP contribution in [0.5, 0.6) is 11.5 Å². The van der Waals surface area contributed by atoms with Crippen molar-refractivity contribution in [1.29, 1.82) is 0 Å². The normalized spacial score (nSPS) is 16.1.